The van der Waals surface area contributed by atoms with Crippen molar-refractivity contribution in [3.63, 3.8) is 0 Å². The van der Waals surface area contributed by atoms with E-state index >= 15 is 0 Å². The van der Waals surface area contributed by atoms with Gasteiger partial charge in [-0.1, -0.05) is 0 Å². The molecule has 1 unspecified atom stereocenters. The molecule has 2 atom stereocenters. The Morgan fingerprint density at radius 2 is 2.14 bits per heavy atom. The molecule has 1 fully saturated rings. The molecule has 3 rings (SSSR count). The largest absolute Gasteiger partial charge is 0.442 e. The molecular formula is C20H24FN3O4. The van der Waals surface area contributed by atoms with Gasteiger partial charge in [0.25, 0.3) is 0 Å². The molecule has 0 spiro atoms. The van der Waals surface area contributed by atoms with Crippen molar-refractivity contribution >= 4 is 23.5 Å². The van der Waals surface area contributed by atoms with Crippen LogP contribution in [-0.4, -0.2) is 56.0 Å². The van der Waals surface area contributed by atoms with E-state index in [4.69, 9.17) is 4.74 Å². The number of amides is 2. The first-order valence-electron chi connectivity index (χ1n) is 9.18. The average molecular weight is 389 g/mol. The van der Waals surface area contributed by atoms with Crippen LogP contribution >= 0.6 is 0 Å². The summed E-state index contributed by atoms with van der Waals surface area (Å²) in [7, 11) is 3.64. The Hall–Kier alpha value is -2.90. The van der Waals surface area contributed by atoms with Gasteiger partial charge in [0.1, 0.15) is 12.3 Å². The Balaban J connectivity index is 1.86. The lowest BCUT2D eigenvalue weighted by atomic mass is 9.98. The fourth-order valence-corrected chi connectivity index (χ4v) is 3.44. The standard InChI is InChI=1S/C20H24FN3O4/c1-12(25)22-9-15-11-24(20(27)28-15)14-5-6-16-17(8-14)18(21)7-4-13(19(16)26)10-23(2)3/h5-6,8,10,15,18H,4,7,9,11H2,1-3H3,(H,22,25)/t15?,18-/m0/s1. The number of fused-ring (bicyclic) bond motifs is 1. The molecule has 1 aromatic carbocycles. The third kappa shape index (κ3) is 4.16. The second-order valence-corrected chi connectivity index (χ2v) is 7.28. The van der Waals surface area contributed by atoms with Gasteiger partial charge in [0.05, 0.1) is 13.1 Å². The second-order valence-electron chi connectivity index (χ2n) is 7.28. The molecule has 8 heteroatoms. The maximum Gasteiger partial charge on any atom is 0.414 e. The first-order valence-corrected chi connectivity index (χ1v) is 9.18. The summed E-state index contributed by atoms with van der Waals surface area (Å²) in [5, 5.41) is 2.61. The highest BCUT2D eigenvalue weighted by molar-refractivity contribution is 6.10. The third-order valence-electron chi connectivity index (χ3n) is 4.75. The van der Waals surface area contributed by atoms with Crippen molar-refractivity contribution in [3.05, 3.63) is 41.1 Å². The Morgan fingerprint density at radius 1 is 1.39 bits per heavy atom. The van der Waals surface area contributed by atoms with Crippen LogP contribution in [0.25, 0.3) is 0 Å². The molecule has 0 aromatic heterocycles. The number of carbonyl (C=O) groups is 3. The van der Waals surface area contributed by atoms with E-state index in [0.29, 0.717) is 28.8 Å². The van der Waals surface area contributed by atoms with Crippen molar-refractivity contribution in [2.45, 2.75) is 32.0 Å². The van der Waals surface area contributed by atoms with Crippen molar-refractivity contribution in [1.29, 1.82) is 0 Å². The summed E-state index contributed by atoms with van der Waals surface area (Å²) in [6.07, 6.45) is -0.0422. The zero-order chi connectivity index (χ0) is 20.4. The Kier molecular flexibility index (Phi) is 5.67. The van der Waals surface area contributed by atoms with Gasteiger partial charge in [0, 0.05) is 44.0 Å². The monoisotopic (exact) mass is 389 g/mol. The van der Waals surface area contributed by atoms with Gasteiger partial charge in [-0.25, -0.2) is 9.18 Å². The number of rotatable bonds is 4. The topological polar surface area (TPSA) is 79.0 Å². The quantitative estimate of drug-likeness (QED) is 0.633. The van der Waals surface area contributed by atoms with Crippen LogP contribution in [0.5, 0.6) is 0 Å². The minimum absolute atomic E-state index is 0.192. The van der Waals surface area contributed by atoms with Crippen LogP contribution in [-0.2, 0) is 9.53 Å². The van der Waals surface area contributed by atoms with Crippen molar-refractivity contribution in [2.75, 3.05) is 32.1 Å². The van der Waals surface area contributed by atoms with Gasteiger partial charge in [-0.05, 0) is 36.6 Å². The molecule has 0 radical (unpaired) electrons. The van der Waals surface area contributed by atoms with E-state index < -0.39 is 18.4 Å². The number of ether oxygens (including phenoxy) is 1. The van der Waals surface area contributed by atoms with E-state index in [1.165, 1.54) is 11.8 Å². The summed E-state index contributed by atoms with van der Waals surface area (Å²) in [6.45, 7) is 1.85. The molecule has 1 N–H and O–H groups in total. The molecule has 0 saturated carbocycles. The van der Waals surface area contributed by atoms with Crippen LogP contribution in [0.15, 0.2) is 30.0 Å². The first-order chi connectivity index (χ1) is 13.3. The minimum atomic E-state index is -1.29. The summed E-state index contributed by atoms with van der Waals surface area (Å²) in [5.41, 5.74) is 1.66. The predicted octanol–water partition coefficient (Wildman–Crippen LogP) is 2.58. The normalized spacial score (nSPS) is 23.3. The number of alkyl halides is 1. The molecule has 1 aliphatic heterocycles. The smallest absolute Gasteiger partial charge is 0.414 e. The van der Waals surface area contributed by atoms with Crippen molar-refractivity contribution in [3.8, 4) is 0 Å². The summed E-state index contributed by atoms with van der Waals surface area (Å²) in [5.74, 6) is -0.400. The van der Waals surface area contributed by atoms with Crippen LogP contribution in [0.1, 0.15) is 41.9 Å². The number of nitrogens with one attached hydrogen (secondary N) is 1. The molecule has 28 heavy (non-hydrogen) atoms. The van der Waals surface area contributed by atoms with Gasteiger partial charge in [-0.15, -0.1) is 0 Å². The van der Waals surface area contributed by atoms with E-state index in [9.17, 15) is 18.8 Å². The minimum Gasteiger partial charge on any atom is -0.442 e. The van der Waals surface area contributed by atoms with Gasteiger partial charge >= 0.3 is 6.09 Å². The Labute approximate surface area is 163 Å². The highest BCUT2D eigenvalue weighted by Crippen LogP contribution is 2.36. The lowest BCUT2D eigenvalue weighted by molar-refractivity contribution is -0.119. The number of hydrogen-bond donors (Lipinski definition) is 1. The number of carbonyl (C=O) groups excluding carboxylic acids is 3. The predicted molar refractivity (Wildman–Crippen MR) is 102 cm³/mol. The summed E-state index contributed by atoms with van der Waals surface area (Å²) < 4.78 is 20.0. The van der Waals surface area contributed by atoms with Crippen LogP contribution in [0.4, 0.5) is 14.9 Å². The average Bonchev–Trinajstić information content (AvgIpc) is 2.97. The molecule has 1 saturated heterocycles. The summed E-state index contributed by atoms with van der Waals surface area (Å²) >= 11 is 0. The number of halogens is 1. The van der Waals surface area contributed by atoms with Gasteiger partial charge in [0.15, 0.2) is 5.78 Å². The van der Waals surface area contributed by atoms with Crippen molar-refractivity contribution in [2.24, 2.45) is 0 Å². The molecule has 2 aliphatic rings. The zero-order valence-electron chi connectivity index (χ0n) is 16.2. The lowest BCUT2D eigenvalue weighted by Crippen LogP contribution is -2.33. The SMILES string of the molecule is CC(=O)NCC1CN(c2ccc3c(c2)[C@@H](F)CCC(=CN(C)C)C3=O)C(=O)O1. The first kappa shape index (κ1) is 19.9. The number of Topliss-reactive ketones (excluding diaryl/α,β-unsaturated/α-hetero) is 1. The highest BCUT2D eigenvalue weighted by atomic mass is 19.1. The number of hydrogen-bond acceptors (Lipinski definition) is 5. The van der Waals surface area contributed by atoms with Gasteiger partial charge in [-0.3, -0.25) is 14.5 Å². The van der Waals surface area contributed by atoms with Crippen LogP contribution < -0.4 is 10.2 Å². The number of nitrogens with zero attached hydrogens (tertiary/aromatic N) is 2. The lowest BCUT2D eigenvalue weighted by Gasteiger charge is -2.17. The van der Waals surface area contributed by atoms with Crippen LogP contribution in [0, 0.1) is 0 Å². The van der Waals surface area contributed by atoms with Crippen molar-refractivity contribution in [1.82, 2.24) is 10.2 Å². The van der Waals surface area contributed by atoms with Crippen LogP contribution in [0.3, 0.4) is 0 Å². The number of ketones is 1. The number of allylic oxidation sites excluding steroid dienone is 1. The second kappa shape index (κ2) is 8.00. The molecule has 1 aromatic rings. The highest BCUT2D eigenvalue weighted by Gasteiger charge is 2.34. The van der Waals surface area contributed by atoms with Gasteiger partial charge < -0.3 is 15.0 Å². The molecular weight excluding hydrogens is 365 g/mol. The number of benzene rings is 1. The summed E-state index contributed by atoms with van der Waals surface area (Å²) in [6, 6.07) is 4.76. The van der Waals surface area contributed by atoms with E-state index in [1.54, 1.807) is 29.3 Å². The molecule has 150 valence electrons. The van der Waals surface area contributed by atoms with E-state index in [2.05, 4.69) is 5.32 Å². The van der Waals surface area contributed by atoms with E-state index in [0.717, 1.165) is 0 Å². The molecule has 1 aliphatic carbocycles. The number of anilines is 1. The molecule has 7 nitrogen and oxygen atoms in total. The van der Waals surface area contributed by atoms with E-state index in [1.807, 2.05) is 14.1 Å². The maximum absolute atomic E-state index is 14.8. The Bertz CT molecular complexity index is 837. The third-order valence-corrected chi connectivity index (χ3v) is 4.75. The maximum atomic E-state index is 14.8. The van der Waals surface area contributed by atoms with Crippen LogP contribution in [0.2, 0.25) is 0 Å². The Morgan fingerprint density at radius 3 is 2.82 bits per heavy atom. The molecule has 1 heterocycles. The number of cyclic esters (lactones) is 1. The zero-order valence-corrected chi connectivity index (χ0v) is 16.2. The molecule has 2 amide bonds. The van der Waals surface area contributed by atoms with Crippen molar-refractivity contribution < 1.29 is 23.5 Å². The summed E-state index contributed by atoms with van der Waals surface area (Å²) in [4.78, 5) is 39.2. The van der Waals surface area contributed by atoms with Gasteiger partial charge in [-0.2, -0.15) is 0 Å². The van der Waals surface area contributed by atoms with Gasteiger partial charge in [0.2, 0.25) is 5.91 Å². The van der Waals surface area contributed by atoms with E-state index in [-0.39, 0.29) is 31.2 Å². The fourth-order valence-electron chi connectivity index (χ4n) is 3.44. The molecule has 0 bridgehead atoms. The fraction of sp³-hybridized carbons (Fsp3) is 0.450.